The third kappa shape index (κ3) is 3.66. The third-order valence-corrected chi connectivity index (χ3v) is 3.62. The molecule has 4 heteroatoms. The Hall–Kier alpha value is -2.88. The van der Waals surface area contributed by atoms with Gasteiger partial charge < -0.3 is 9.30 Å². The Morgan fingerprint density at radius 1 is 1.13 bits per heavy atom. The molecule has 0 unspecified atom stereocenters. The number of esters is 1. The van der Waals surface area contributed by atoms with Crippen molar-refractivity contribution in [2.24, 2.45) is 0 Å². The molecule has 1 heterocycles. The van der Waals surface area contributed by atoms with Crippen molar-refractivity contribution in [1.29, 1.82) is 0 Å². The van der Waals surface area contributed by atoms with Gasteiger partial charge in [0.1, 0.15) is 12.4 Å². The lowest BCUT2D eigenvalue weighted by Gasteiger charge is -2.07. The molecule has 0 radical (unpaired) electrons. The van der Waals surface area contributed by atoms with Crippen molar-refractivity contribution in [3.63, 3.8) is 0 Å². The summed E-state index contributed by atoms with van der Waals surface area (Å²) in [6.45, 7) is 2.87. The first-order chi connectivity index (χ1) is 11.2. The number of aryl methyl sites for hydroxylation is 1. The number of fused-ring (bicyclic) bond motifs is 1. The standard InChI is InChI=1S/C19H18N2O2/c1-15-20-17-9-5-6-10-18(17)21(15)13-14-23-19(22)12-11-16-7-3-2-4-8-16/h2-12H,13-14H2,1H3/b12-11-. The molecule has 3 aromatic rings. The number of benzene rings is 2. The molecule has 0 saturated carbocycles. The van der Waals surface area contributed by atoms with Crippen LogP contribution < -0.4 is 0 Å². The minimum Gasteiger partial charge on any atom is -0.461 e. The van der Waals surface area contributed by atoms with E-state index in [4.69, 9.17) is 4.74 Å². The van der Waals surface area contributed by atoms with Crippen LogP contribution in [0.25, 0.3) is 17.1 Å². The molecule has 3 rings (SSSR count). The number of nitrogens with zero attached hydrogens (tertiary/aromatic N) is 2. The number of imidazole rings is 1. The van der Waals surface area contributed by atoms with E-state index in [1.165, 1.54) is 6.08 Å². The fourth-order valence-corrected chi connectivity index (χ4v) is 2.49. The number of rotatable bonds is 5. The van der Waals surface area contributed by atoms with Crippen molar-refractivity contribution >= 4 is 23.1 Å². The van der Waals surface area contributed by atoms with Gasteiger partial charge in [-0.3, -0.25) is 0 Å². The van der Waals surface area contributed by atoms with Crippen LogP contribution in [0, 0.1) is 6.92 Å². The maximum atomic E-state index is 11.8. The summed E-state index contributed by atoms with van der Waals surface area (Å²) in [5.74, 6) is 0.581. The fraction of sp³-hybridized carbons (Fsp3) is 0.158. The molecule has 0 aliphatic rings. The van der Waals surface area contributed by atoms with Crippen molar-refractivity contribution < 1.29 is 9.53 Å². The summed E-state index contributed by atoms with van der Waals surface area (Å²) in [6.07, 6.45) is 3.20. The summed E-state index contributed by atoms with van der Waals surface area (Å²) in [4.78, 5) is 16.3. The molecule has 116 valence electrons. The van der Waals surface area contributed by atoms with Crippen molar-refractivity contribution in [3.8, 4) is 0 Å². The molecule has 0 bridgehead atoms. The zero-order valence-electron chi connectivity index (χ0n) is 13.0. The number of hydrogen-bond acceptors (Lipinski definition) is 3. The molecule has 0 saturated heterocycles. The first-order valence-corrected chi connectivity index (χ1v) is 7.56. The number of hydrogen-bond donors (Lipinski definition) is 0. The minimum atomic E-state index is -0.337. The second-order valence-electron chi connectivity index (χ2n) is 5.21. The van der Waals surface area contributed by atoms with Crippen molar-refractivity contribution in [3.05, 3.63) is 72.1 Å². The monoisotopic (exact) mass is 306 g/mol. The largest absolute Gasteiger partial charge is 0.461 e. The zero-order chi connectivity index (χ0) is 16.1. The summed E-state index contributed by atoms with van der Waals surface area (Å²) >= 11 is 0. The number of ether oxygens (including phenoxy) is 1. The van der Waals surface area contributed by atoms with Gasteiger partial charge in [0.2, 0.25) is 0 Å². The van der Waals surface area contributed by atoms with E-state index in [0.717, 1.165) is 22.4 Å². The van der Waals surface area contributed by atoms with Crippen LogP contribution in [-0.2, 0) is 16.1 Å². The molecule has 4 nitrogen and oxygen atoms in total. The SMILES string of the molecule is Cc1nc2ccccc2n1CCOC(=O)/C=C\c1ccccc1. The lowest BCUT2D eigenvalue weighted by atomic mass is 10.2. The van der Waals surface area contributed by atoms with E-state index >= 15 is 0 Å². The van der Waals surface area contributed by atoms with Gasteiger partial charge in [-0.05, 0) is 30.7 Å². The van der Waals surface area contributed by atoms with E-state index in [-0.39, 0.29) is 5.97 Å². The van der Waals surface area contributed by atoms with Crippen molar-refractivity contribution in [2.45, 2.75) is 13.5 Å². The molecule has 0 fully saturated rings. The summed E-state index contributed by atoms with van der Waals surface area (Å²) in [6, 6.07) is 17.6. The molecular weight excluding hydrogens is 288 g/mol. The maximum absolute atomic E-state index is 11.8. The zero-order valence-corrected chi connectivity index (χ0v) is 13.0. The smallest absolute Gasteiger partial charge is 0.330 e. The van der Waals surface area contributed by atoms with Crippen molar-refractivity contribution in [1.82, 2.24) is 9.55 Å². The summed E-state index contributed by atoms with van der Waals surface area (Å²) < 4.78 is 7.33. The van der Waals surface area contributed by atoms with E-state index in [0.29, 0.717) is 13.2 Å². The molecule has 0 amide bonds. The van der Waals surface area contributed by atoms with Crippen LogP contribution in [0.3, 0.4) is 0 Å². The van der Waals surface area contributed by atoms with E-state index in [1.54, 1.807) is 6.08 Å². The number of aromatic nitrogens is 2. The van der Waals surface area contributed by atoms with Crippen LogP contribution >= 0.6 is 0 Å². The van der Waals surface area contributed by atoms with Crippen LogP contribution in [0.2, 0.25) is 0 Å². The van der Waals surface area contributed by atoms with Crippen LogP contribution in [0.5, 0.6) is 0 Å². The van der Waals surface area contributed by atoms with Gasteiger partial charge in [-0.15, -0.1) is 0 Å². The molecule has 1 aromatic heterocycles. The minimum absolute atomic E-state index is 0.319. The van der Waals surface area contributed by atoms with Gasteiger partial charge in [0.05, 0.1) is 17.6 Å². The Labute approximate surface area is 135 Å². The third-order valence-electron chi connectivity index (χ3n) is 3.62. The second kappa shape index (κ2) is 6.92. The van der Waals surface area contributed by atoms with Gasteiger partial charge >= 0.3 is 5.97 Å². The Balaban J connectivity index is 1.57. The lowest BCUT2D eigenvalue weighted by molar-refractivity contribution is -0.137. The highest BCUT2D eigenvalue weighted by atomic mass is 16.5. The van der Waals surface area contributed by atoms with E-state index in [9.17, 15) is 4.79 Å². The molecule has 0 atom stereocenters. The first kappa shape index (κ1) is 15.0. The van der Waals surface area contributed by atoms with E-state index in [1.807, 2.05) is 61.5 Å². The van der Waals surface area contributed by atoms with Gasteiger partial charge in [-0.1, -0.05) is 42.5 Å². The molecule has 0 aliphatic carbocycles. The summed E-state index contributed by atoms with van der Waals surface area (Å²) in [5.41, 5.74) is 2.99. The van der Waals surface area contributed by atoms with E-state index in [2.05, 4.69) is 9.55 Å². The highest BCUT2D eigenvalue weighted by Gasteiger charge is 2.06. The Bertz CT molecular complexity index is 835. The molecule has 0 aliphatic heterocycles. The van der Waals surface area contributed by atoms with Crippen LogP contribution in [-0.4, -0.2) is 22.1 Å². The van der Waals surface area contributed by atoms with Gasteiger partial charge in [0.25, 0.3) is 0 Å². The summed E-state index contributed by atoms with van der Waals surface area (Å²) in [7, 11) is 0. The highest BCUT2D eigenvalue weighted by Crippen LogP contribution is 2.15. The molecular formula is C19H18N2O2. The predicted molar refractivity (Wildman–Crippen MR) is 90.9 cm³/mol. The molecule has 2 aromatic carbocycles. The normalized spacial score (nSPS) is 11.2. The highest BCUT2D eigenvalue weighted by molar-refractivity contribution is 5.87. The Morgan fingerprint density at radius 3 is 2.70 bits per heavy atom. The second-order valence-corrected chi connectivity index (χ2v) is 5.21. The average Bonchev–Trinajstić information content (AvgIpc) is 2.90. The summed E-state index contributed by atoms with van der Waals surface area (Å²) in [5, 5.41) is 0. The van der Waals surface area contributed by atoms with E-state index < -0.39 is 0 Å². The topological polar surface area (TPSA) is 44.1 Å². The van der Waals surface area contributed by atoms with Crippen molar-refractivity contribution in [2.75, 3.05) is 6.61 Å². The lowest BCUT2D eigenvalue weighted by Crippen LogP contribution is -2.10. The Morgan fingerprint density at radius 2 is 1.87 bits per heavy atom. The predicted octanol–water partition coefficient (Wildman–Crippen LogP) is 3.60. The van der Waals surface area contributed by atoms with Gasteiger partial charge in [0.15, 0.2) is 0 Å². The fourth-order valence-electron chi connectivity index (χ4n) is 2.49. The molecule has 0 spiro atoms. The number of carbonyl (C=O) groups excluding carboxylic acids is 1. The van der Waals surface area contributed by atoms with Gasteiger partial charge in [-0.25, -0.2) is 9.78 Å². The first-order valence-electron chi connectivity index (χ1n) is 7.56. The molecule has 0 N–H and O–H groups in total. The van der Waals surface area contributed by atoms with Crippen LogP contribution in [0.1, 0.15) is 11.4 Å². The van der Waals surface area contributed by atoms with Gasteiger partial charge in [-0.2, -0.15) is 0 Å². The Kier molecular flexibility index (Phi) is 4.52. The van der Waals surface area contributed by atoms with Crippen LogP contribution in [0.4, 0.5) is 0 Å². The maximum Gasteiger partial charge on any atom is 0.330 e. The quantitative estimate of drug-likeness (QED) is 0.534. The van der Waals surface area contributed by atoms with Gasteiger partial charge in [0, 0.05) is 6.08 Å². The van der Waals surface area contributed by atoms with Crippen LogP contribution in [0.15, 0.2) is 60.7 Å². The molecule has 23 heavy (non-hydrogen) atoms. The number of para-hydroxylation sites is 2. The number of carbonyl (C=O) groups is 1. The average molecular weight is 306 g/mol.